The zero-order valence-corrected chi connectivity index (χ0v) is 14.9. The Morgan fingerprint density at radius 1 is 1.20 bits per heavy atom. The maximum Gasteiger partial charge on any atom is 0.410 e. The van der Waals surface area contributed by atoms with Crippen molar-refractivity contribution in [2.24, 2.45) is 0 Å². The first-order chi connectivity index (χ1) is 11.7. The van der Waals surface area contributed by atoms with Crippen LogP contribution in [0.3, 0.4) is 0 Å². The van der Waals surface area contributed by atoms with E-state index < -0.39 is 20.5 Å². The SMILES string of the molecule is CC(C)OC(=O)N1CCC(Nc2ccc(S(=O)(=O)C(F)F)cc2)CC1. The van der Waals surface area contributed by atoms with Gasteiger partial charge in [0.1, 0.15) is 0 Å². The highest BCUT2D eigenvalue weighted by Crippen LogP contribution is 2.22. The zero-order valence-electron chi connectivity index (χ0n) is 14.1. The number of halogens is 2. The van der Waals surface area contributed by atoms with E-state index in [0.29, 0.717) is 31.6 Å². The Kier molecular flexibility index (Phi) is 6.21. The Balaban J connectivity index is 1.89. The van der Waals surface area contributed by atoms with Gasteiger partial charge < -0.3 is 15.0 Å². The molecule has 9 heteroatoms. The number of carbonyl (C=O) groups excluding carboxylic acids is 1. The fraction of sp³-hybridized carbons (Fsp3) is 0.562. The van der Waals surface area contributed by atoms with Crippen molar-refractivity contribution in [3.63, 3.8) is 0 Å². The summed E-state index contributed by atoms with van der Waals surface area (Å²) in [5.74, 6) is -3.43. The highest BCUT2D eigenvalue weighted by atomic mass is 32.2. The number of hydrogen-bond acceptors (Lipinski definition) is 5. The normalized spacial score (nSPS) is 16.3. The number of rotatable bonds is 5. The number of benzene rings is 1. The molecule has 6 nitrogen and oxygen atoms in total. The van der Waals surface area contributed by atoms with E-state index in [0.717, 1.165) is 0 Å². The average Bonchev–Trinajstić information content (AvgIpc) is 2.55. The Hall–Kier alpha value is -1.90. The number of hydrogen-bond donors (Lipinski definition) is 1. The van der Waals surface area contributed by atoms with Crippen molar-refractivity contribution in [2.75, 3.05) is 18.4 Å². The molecule has 0 unspecified atom stereocenters. The largest absolute Gasteiger partial charge is 0.447 e. The van der Waals surface area contributed by atoms with Crippen LogP contribution < -0.4 is 5.32 Å². The first-order valence-corrected chi connectivity index (χ1v) is 9.59. The van der Waals surface area contributed by atoms with Gasteiger partial charge in [-0.25, -0.2) is 13.2 Å². The summed E-state index contributed by atoms with van der Waals surface area (Å²) in [6.45, 7) is 4.70. The molecule has 1 fully saturated rings. The molecule has 1 aliphatic rings. The second kappa shape index (κ2) is 7.99. The topological polar surface area (TPSA) is 75.7 Å². The van der Waals surface area contributed by atoms with Gasteiger partial charge in [-0.3, -0.25) is 0 Å². The summed E-state index contributed by atoms with van der Waals surface area (Å²) < 4.78 is 52.9. The third kappa shape index (κ3) is 5.04. The van der Waals surface area contributed by atoms with E-state index >= 15 is 0 Å². The predicted molar refractivity (Wildman–Crippen MR) is 89.5 cm³/mol. The maximum atomic E-state index is 12.5. The molecule has 1 aromatic rings. The van der Waals surface area contributed by atoms with Crippen molar-refractivity contribution >= 4 is 21.6 Å². The van der Waals surface area contributed by atoms with Crippen LogP contribution in [-0.4, -0.2) is 50.4 Å². The van der Waals surface area contributed by atoms with Crippen molar-refractivity contribution in [1.82, 2.24) is 4.90 Å². The number of amides is 1. The van der Waals surface area contributed by atoms with Crippen LogP contribution in [0.1, 0.15) is 26.7 Å². The van der Waals surface area contributed by atoms with Crippen LogP contribution in [0.5, 0.6) is 0 Å². The lowest BCUT2D eigenvalue weighted by Gasteiger charge is -2.32. The number of likely N-dealkylation sites (tertiary alicyclic amines) is 1. The van der Waals surface area contributed by atoms with Gasteiger partial charge in [0.2, 0.25) is 9.84 Å². The third-order valence-corrected chi connectivity index (χ3v) is 5.28. The predicted octanol–water partition coefficient (Wildman–Crippen LogP) is 3.10. The minimum atomic E-state index is -4.57. The van der Waals surface area contributed by atoms with E-state index in [1.165, 1.54) is 24.3 Å². The molecule has 0 radical (unpaired) electrons. The van der Waals surface area contributed by atoms with Gasteiger partial charge in [0.15, 0.2) is 0 Å². The van der Waals surface area contributed by atoms with Crippen LogP contribution in [0.15, 0.2) is 29.2 Å². The van der Waals surface area contributed by atoms with Crippen molar-refractivity contribution in [1.29, 1.82) is 0 Å². The molecule has 1 aliphatic heterocycles. The highest BCUT2D eigenvalue weighted by Gasteiger charge is 2.27. The number of anilines is 1. The molecule has 1 heterocycles. The van der Waals surface area contributed by atoms with Crippen LogP contribution in [0, 0.1) is 0 Å². The Bertz CT molecular complexity index is 685. The van der Waals surface area contributed by atoms with Crippen LogP contribution in [0.25, 0.3) is 0 Å². The smallest absolute Gasteiger partial charge is 0.410 e. The second-order valence-electron chi connectivity index (χ2n) is 6.17. The van der Waals surface area contributed by atoms with E-state index in [2.05, 4.69) is 5.32 Å². The second-order valence-corrected chi connectivity index (χ2v) is 8.09. The number of sulfone groups is 1. The first-order valence-electron chi connectivity index (χ1n) is 8.04. The summed E-state index contributed by atoms with van der Waals surface area (Å²) >= 11 is 0. The monoisotopic (exact) mass is 376 g/mol. The number of nitrogens with one attached hydrogen (secondary N) is 1. The Morgan fingerprint density at radius 2 is 1.76 bits per heavy atom. The highest BCUT2D eigenvalue weighted by molar-refractivity contribution is 7.91. The number of ether oxygens (including phenoxy) is 1. The van der Waals surface area contributed by atoms with E-state index in [1.807, 2.05) is 0 Å². The number of alkyl halides is 2. The molecule has 0 saturated carbocycles. The van der Waals surface area contributed by atoms with Crippen LogP contribution >= 0.6 is 0 Å². The van der Waals surface area contributed by atoms with Crippen molar-refractivity contribution in [3.8, 4) is 0 Å². The lowest BCUT2D eigenvalue weighted by atomic mass is 10.1. The first kappa shape index (κ1) is 19.4. The molecule has 0 atom stereocenters. The molecule has 25 heavy (non-hydrogen) atoms. The van der Waals surface area contributed by atoms with Crippen LogP contribution in [0.2, 0.25) is 0 Å². The Labute approximate surface area is 146 Å². The fourth-order valence-electron chi connectivity index (χ4n) is 2.56. The van der Waals surface area contributed by atoms with Gasteiger partial charge >= 0.3 is 11.9 Å². The lowest BCUT2D eigenvalue weighted by Crippen LogP contribution is -2.43. The molecule has 1 amide bonds. The molecule has 0 bridgehead atoms. The fourth-order valence-corrected chi connectivity index (χ4v) is 3.28. The molecular weight excluding hydrogens is 354 g/mol. The zero-order chi connectivity index (χ0) is 18.6. The van der Waals surface area contributed by atoms with Gasteiger partial charge in [-0.1, -0.05) is 0 Å². The molecule has 1 saturated heterocycles. The van der Waals surface area contributed by atoms with Crippen LogP contribution in [-0.2, 0) is 14.6 Å². The summed E-state index contributed by atoms with van der Waals surface area (Å²) in [6.07, 6.45) is 0.940. The van der Waals surface area contributed by atoms with Gasteiger partial charge in [-0.15, -0.1) is 0 Å². The van der Waals surface area contributed by atoms with Crippen molar-refractivity contribution in [2.45, 2.75) is 49.5 Å². The number of piperidine rings is 1. The molecule has 1 aromatic carbocycles. The number of carbonyl (C=O) groups is 1. The van der Waals surface area contributed by atoms with Gasteiger partial charge in [-0.2, -0.15) is 8.78 Å². The van der Waals surface area contributed by atoms with E-state index in [1.54, 1.807) is 18.7 Å². The molecule has 0 aliphatic carbocycles. The summed E-state index contributed by atoms with van der Waals surface area (Å²) in [7, 11) is -4.57. The molecule has 0 aromatic heterocycles. The molecule has 140 valence electrons. The summed E-state index contributed by atoms with van der Waals surface area (Å²) in [6, 6.07) is 5.38. The van der Waals surface area contributed by atoms with Gasteiger partial charge in [0, 0.05) is 24.8 Å². The summed E-state index contributed by atoms with van der Waals surface area (Å²) in [5, 5.41) is 3.23. The van der Waals surface area contributed by atoms with Crippen molar-refractivity contribution in [3.05, 3.63) is 24.3 Å². The average molecular weight is 376 g/mol. The van der Waals surface area contributed by atoms with Gasteiger partial charge in [0.25, 0.3) is 0 Å². The van der Waals surface area contributed by atoms with Gasteiger partial charge in [0.05, 0.1) is 11.0 Å². The minimum absolute atomic E-state index is 0.112. The summed E-state index contributed by atoms with van der Waals surface area (Å²) in [4.78, 5) is 13.1. The molecule has 0 spiro atoms. The maximum absolute atomic E-state index is 12.5. The van der Waals surface area contributed by atoms with E-state index in [9.17, 15) is 22.0 Å². The molecule has 1 N–H and O–H groups in total. The van der Waals surface area contributed by atoms with Crippen LogP contribution in [0.4, 0.5) is 19.3 Å². The van der Waals surface area contributed by atoms with E-state index in [4.69, 9.17) is 4.74 Å². The molecular formula is C16H22F2N2O4S. The minimum Gasteiger partial charge on any atom is -0.447 e. The quantitative estimate of drug-likeness (QED) is 0.855. The third-order valence-electron chi connectivity index (χ3n) is 3.88. The number of nitrogens with zero attached hydrogens (tertiary/aromatic N) is 1. The van der Waals surface area contributed by atoms with Gasteiger partial charge in [-0.05, 0) is 51.0 Å². The lowest BCUT2D eigenvalue weighted by molar-refractivity contribution is 0.0701. The van der Waals surface area contributed by atoms with E-state index in [-0.39, 0.29) is 18.2 Å². The Morgan fingerprint density at radius 3 is 2.24 bits per heavy atom. The van der Waals surface area contributed by atoms with Crippen molar-refractivity contribution < 1.29 is 26.7 Å². The molecule has 2 rings (SSSR count). The standard InChI is InChI=1S/C16H22F2N2O4S/c1-11(2)24-16(21)20-9-7-13(8-10-20)19-12-3-5-14(6-4-12)25(22,23)15(17)18/h3-6,11,13,15,19H,7-10H2,1-2H3. The summed E-state index contributed by atoms with van der Waals surface area (Å²) in [5.41, 5.74) is 0.649.